The van der Waals surface area contributed by atoms with E-state index in [0.29, 0.717) is 5.76 Å². The lowest BCUT2D eigenvalue weighted by atomic mass is 10.1. The van der Waals surface area contributed by atoms with Crippen LogP contribution in [0.1, 0.15) is 13.3 Å². The van der Waals surface area contributed by atoms with Crippen molar-refractivity contribution in [3.63, 3.8) is 0 Å². The van der Waals surface area contributed by atoms with Crippen molar-refractivity contribution in [2.24, 2.45) is 0 Å². The molecule has 56 valence electrons. The molecule has 0 N–H and O–H groups in total. The minimum Gasteiger partial charge on any atom is -0.423 e. The zero-order valence-corrected chi connectivity index (χ0v) is 6.31. The molecule has 1 aliphatic carbocycles. The van der Waals surface area contributed by atoms with Crippen LogP contribution in [0.5, 0.6) is 0 Å². The summed E-state index contributed by atoms with van der Waals surface area (Å²) in [5.74, 6) is 0.497. The summed E-state index contributed by atoms with van der Waals surface area (Å²) in [5.41, 5.74) is 2.76. The van der Waals surface area contributed by atoms with E-state index in [9.17, 15) is 4.79 Å². The van der Waals surface area contributed by atoms with Crippen LogP contribution >= 0.6 is 0 Å². The lowest BCUT2D eigenvalue weighted by Crippen LogP contribution is -1.95. The maximum atomic E-state index is 10.9. The van der Waals surface area contributed by atoms with E-state index in [1.165, 1.54) is 0 Å². The second-order valence-corrected chi connectivity index (χ2v) is 2.84. The number of carbonyl (C=O) groups excluding carboxylic acids is 1. The summed E-state index contributed by atoms with van der Waals surface area (Å²) in [6.45, 7) is 5.58. The zero-order valence-electron chi connectivity index (χ0n) is 6.31. The highest BCUT2D eigenvalue weighted by atomic mass is 16.5. The summed E-state index contributed by atoms with van der Waals surface area (Å²) in [4.78, 5) is 10.9. The molecule has 0 aromatic heterocycles. The Morgan fingerprint density at radius 2 is 2.36 bits per heavy atom. The van der Waals surface area contributed by atoms with Crippen molar-refractivity contribution >= 4 is 5.97 Å². The van der Waals surface area contributed by atoms with E-state index >= 15 is 0 Å². The molecule has 0 atom stereocenters. The lowest BCUT2D eigenvalue weighted by molar-refractivity contribution is -0.133. The van der Waals surface area contributed by atoms with Crippen LogP contribution in [-0.4, -0.2) is 5.97 Å². The Morgan fingerprint density at radius 1 is 1.64 bits per heavy atom. The molecule has 0 unspecified atom stereocenters. The smallest absolute Gasteiger partial charge is 0.339 e. The van der Waals surface area contributed by atoms with Crippen LogP contribution in [-0.2, 0) is 9.53 Å². The van der Waals surface area contributed by atoms with E-state index in [-0.39, 0.29) is 5.97 Å². The predicted octanol–water partition coefficient (Wildman–Crippen LogP) is 1.70. The van der Waals surface area contributed by atoms with Crippen LogP contribution in [0.2, 0.25) is 0 Å². The van der Waals surface area contributed by atoms with Crippen molar-refractivity contribution in [1.29, 1.82) is 0 Å². The molecule has 1 aliphatic heterocycles. The van der Waals surface area contributed by atoms with Gasteiger partial charge < -0.3 is 4.74 Å². The Balaban J connectivity index is 2.51. The number of allylic oxidation sites excluding steroid dienone is 3. The molecule has 11 heavy (non-hydrogen) atoms. The van der Waals surface area contributed by atoms with Gasteiger partial charge in [-0.2, -0.15) is 0 Å². The van der Waals surface area contributed by atoms with Gasteiger partial charge in [0, 0.05) is 17.6 Å². The monoisotopic (exact) mass is 148 g/mol. The van der Waals surface area contributed by atoms with Gasteiger partial charge in [0.1, 0.15) is 5.76 Å². The van der Waals surface area contributed by atoms with Crippen molar-refractivity contribution in [2.75, 3.05) is 0 Å². The third-order valence-corrected chi connectivity index (χ3v) is 2.00. The molecule has 2 nitrogen and oxygen atoms in total. The molecule has 0 radical (unpaired) electrons. The minimum atomic E-state index is -0.209. The summed E-state index contributed by atoms with van der Waals surface area (Å²) in [5, 5.41) is 0. The lowest BCUT2D eigenvalue weighted by Gasteiger charge is -1.90. The average molecular weight is 148 g/mol. The Hall–Kier alpha value is -1.31. The Kier molecular flexibility index (Phi) is 1.07. The van der Waals surface area contributed by atoms with Crippen LogP contribution in [0.4, 0.5) is 0 Å². The van der Waals surface area contributed by atoms with Gasteiger partial charge >= 0.3 is 5.97 Å². The van der Waals surface area contributed by atoms with Gasteiger partial charge in [-0.3, -0.25) is 0 Å². The SMILES string of the molecule is C=C1C=C2OC(=O)C(C)=C2C1. The van der Waals surface area contributed by atoms with Gasteiger partial charge in [-0.1, -0.05) is 6.58 Å². The Bertz CT molecular complexity index is 318. The number of rotatable bonds is 0. The first-order chi connectivity index (χ1) is 5.18. The van der Waals surface area contributed by atoms with Gasteiger partial charge in [-0.05, 0) is 18.6 Å². The minimum absolute atomic E-state index is 0.209. The summed E-state index contributed by atoms with van der Waals surface area (Å²) >= 11 is 0. The van der Waals surface area contributed by atoms with Crippen LogP contribution in [0.25, 0.3) is 0 Å². The van der Waals surface area contributed by atoms with Crippen LogP contribution in [0, 0.1) is 0 Å². The fraction of sp³-hybridized carbons (Fsp3) is 0.222. The summed E-state index contributed by atoms with van der Waals surface area (Å²) in [7, 11) is 0. The highest BCUT2D eigenvalue weighted by Crippen LogP contribution is 2.36. The van der Waals surface area contributed by atoms with Crippen molar-refractivity contribution in [2.45, 2.75) is 13.3 Å². The van der Waals surface area contributed by atoms with E-state index in [1.54, 1.807) is 6.92 Å². The van der Waals surface area contributed by atoms with E-state index in [1.807, 2.05) is 6.08 Å². The molecule has 0 aromatic rings. The van der Waals surface area contributed by atoms with E-state index < -0.39 is 0 Å². The summed E-state index contributed by atoms with van der Waals surface area (Å²) < 4.78 is 4.96. The second-order valence-electron chi connectivity index (χ2n) is 2.84. The normalized spacial score (nSPS) is 22.1. The quantitative estimate of drug-likeness (QED) is 0.489. The highest BCUT2D eigenvalue weighted by Gasteiger charge is 2.29. The number of hydrogen-bond donors (Lipinski definition) is 0. The molecule has 2 rings (SSSR count). The molecule has 0 amide bonds. The Morgan fingerprint density at radius 3 is 3.00 bits per heavy atom. The van der Waals surface area contributed by atoms with Crippen molar-refractivity contribution in [1.82, 2.24) is 0 Å². The number of hydrogen-bond acceptors (Lipinski definition) is 2. The maximum absolute atomic E-state index is 10.9. The van der Waals surface area contributed by atoms with E-state index in [2.05, 4.69) is 6.58 Å². The van der Waals surface area contributed by atoms with Crippen LogP contribution in [0.15, 0.2) is 35.1 Å². The molecule has 0 fully saturated rings. The number of esters is 1. The first kappa shape index (κ1) is 6.40. The van der Waals surface area contributed by atoms with Crippen molar-refractivity contribution in [3.8, 4) is 0 Å². The van der Waals surface area contributed by atoms with Crippen molar-refractivity contribution in [3.05, 3.63) is 35.1 Å². The topological polar surface area (TPSA) is 26.3 Å². The highest BCUT2D eigenvalue weighted by molar-refractivity contribution is 5.94. The van der Waals surface area contributed by atoms with Gasteiger partial charge in [-0.25, -0.2) is 4.79 Å². The molecule has 0 aromatic carbocycles. The van der Waals surface area contributed by atoms with Crippen LogP contribution < -0.4 is 0 Å². The van der Waals surface area contributed by atoms with E-state index in [0.717, 1.165) is 23.1 Å². The molecule has 0 bridgehead atoms. The summed E-state index contributed by atoms with van der Waals surface area (Å²) in [6, 6.07) is 0. The first-order valence-electron chi connectivity index (χ1n) is 3.50. The molecule has 0 saturated carbocycles. The van der Waals surface area contributed by atoms with E-state index in [4.69, 9.17) is 4.74 Å². The first-order valence-corrected chi connectivity index (χ1v) is 3.50. The zero-order chi connectivity index (χ0) is 8.01. The third kappa shape index (κ3) is 0.755. The summed E-state index contributed by atoms with van der Waals surface area (Å²) in [6.07, 6.45) is 2.59. The fourth-order valence-corrected chi connectivity index (χ4v) is 1.35. The molecular weight excluding hydrogens is 140 g/mol. The average Bonchev–Trinajstić information content (AvgIpc) is 2.37. The van der Waals surface area contributed by atoms with Gasteiger partial charge in [0.2, 0.25) is 0 Å². The molecule has 2 aliphatic rings. The molecule has 1 heterocycles. The number of carbonyl (C=O) groups is 1. The largest absolute Gasteiger partial charge is 0.423 e. The van der Waals surface area contributed by atoms with Gasteiger partial charge in [-0.15, -0.1) is 0 Å². The third-order valence-electron chi connectivity index (χ3n) is 2.00. The maximum Gasteiger partial charge on any atom is 0.339 e. The standard InChI is InChI=1S/C9H8O2/c1-5-3-7-6(2)9(10)11-8(7)4-5/h4H,1,3H2,2H3. The molecular formula is C9H8O2. The van der Waals surface area contributed by atoms with Gasteiger partial charge in [0.05, 0.1) is 0 Å². The van der Waals surface area contributed by atoms with Crippen molar-refractivity contribution < 1.29 is 9.53 Å². The molecule has 2 heteroatoms. The molecule has 0 saturated heterocycles. The van der Waals surface area contributed by atoms with Crippen LogP contribution in [0.3, 0.4) is 0 Å². The second kappa shape index (κ2) is 1.84. The Labute approximate surface area is 64.9 Å². The number of fused-ring (bicyclic) bond motifs is 1. The molecule has 0 spiro atoms. The predicted molar refractivity (Wildman–Crippen MR) is 40.6 cm³/mol. The van der Waals surface area contributed by atoms with Gasteiger partial charge in [0.25, 0.3) is 0 Å². The fourth-order valence-electron chi connectivity index (χ4n) is 1.35. The van der Waals surface area contributed by atoms with Gasteiger partial charge in [0.15, 0.2) is 0 Å². The number of ether oxygens (including phenoxy) is 1.